The summed E-state index contributed by atoms with van der Waals surface area (Å²) in [6.45, 7) is 4.16. The van der Waals surface area contributed by atoms with Crippen LogP contribution in [0.2, 0.25) is 0 Å². The Hall–Kier alpha value is -0.950. The second-order valence-corrected chi connectivity index (χ2v) is 4.85. The molecule has 0 amide bonds. The average Bonchev–Trinajstić information content (AvgIpc) is 2.59. The van der Waals surface area contributed by atoms with E-state index in [-0.39, 0.29) is 5.38 Å². The van der Waals surface area contributed by atoms with E-state index < -0.39 is 0 Å². The van der Waals surface area contributed by atoms with E-state index in [0.717, 1.165) is 17.8 Å². The van der Waals surface area contributed by atoms with Gasteiger partial charge < -0.3 is 4.42 Å². The Balaban J connectivity index is 2.28. The molecule has 1 aromatic heterocycles. The van der Waals surface area contributed by atoms with Crippen LogP contribution < -0.4 is 0 Å². The monoisotopic (exact) mass is 222 g/mol. The fraction of sp³-hybridized carbons (Fsp3) is 0.385. The summed E-state index contributed by atoms with van der Waals surface area (Å²) in [6.07, 6.45) is 0.946. The maximum Gasteiger partial charge on any atom is 0.134 e. The highest BCUT2D eigenvalue weighted by Gasteiger charge is 2.13. The number of fused-ring (bicyclic) bond motifs is 1. The Bertz CT molecular complexity index is 411. The summed E-state index contributed by atoms with van der Waals surface area (Å²) >= 11 is 5.98. The van der Waals surface area contributed by atoms with Gasteiger partial charge in [0.25, 0.3) is 0 Å². The third-order valence-electron chi connectivity index (χ3n) is 2.61. The molecule has 1 heterocycles. The van der Waals surface area contributed by atoms with Gasteiger partial charge in [-0.15, -0.1) is 11.6 Å². The predicted octanol–water partition coefficient (Wildman–Crippen LogP) is 4.55. The van der Waals surface area contributed by atoms with Gasteiger partial charge in [0.15, 0.2) is 0 Å². The van der Waals surface area contributed by atoms with Crippen molar-refractivity contribution >= 4 is 22.6 Å². The Morgan fingerprint density at radius 2 is 2.00 bits per heavy atom. The number of halogens is 1. The zero-order valence-electron chi connectivity index (χ0n) is 9.03. The van der Waals surface area contributed by atoms with Crippen molar-refractivity contribution in [2.24, 2.45) is 0 Å². The third kappa shape index (κ3) is 2.35. The SMILES string of the molecule is CC(Cl)CC(C)c1cc2ccccc2o1. The number of furan rings is 1. The van der Waals surface area contributed by atoms with Crippen LogP contribution in [0.3, 0.4) is 0 Å². The Labute approximate surface area is 95.0 Å². The zero-order valence-corrected chi connectivity index (χ0v) is 9.79. The molecule has 1 nitrogen and oxygen atoms in total. The first kappa shape index (κ1) is 10.6. The molecule has 0 bridgehead atoms. The maximum absolute atomic E-state index is 5.98. The van der Waals surface area contributed by atoms with Gasteiger partial charge in [0.2, 0.25) is 0 Å². The number of benzene rings is 1. The van der Waals surface area contributed by atoms with Crippen LogP contribution in [-0.2, 0) is 0 Å². The second kappa shape index (κ2) is 4.28. The minimum atomic E-state index is 0.188. The van der Waals surface area contributed by atoms with Gasteiger partial charge in [0.05, 0.1) is 0 Å². The highest BCUT2D eigenvalue weighted by Crippen LogP contribution is 2.28. The van der Waals surface area contributed by atoms with E-state index >= 15 is 0 Å². The molecule has 80 valence electrons. The fourth-order valence-corrected chi connectivity index (χ4v) is 2.12. The van der Waals surface area contributed by atoms with Crippen LogP contribution in [0.25, 0.3) is 11.0 Å². The molecule has 0 fully saturated rings. The van der Waals surface area contributed by atoms with E-state index in [2.05, 4.69) is 19.1 Å². The van der Waals surface area contributed by atoms with Crippen LogP contribution >= 0.6 is 11.6 Å². The van der Waals surface area contributed by atoms with Gasteiger partial charge in [0.1, 0.15) is 11.3 Å². The molecule has 0 saturated carbocycles. The lowest BCUT2D eigenvalue weighted by atomic mass is 10.0. The predicted molar refractivity (Wildman–Crippen MR) is 64.6 cm³/mol. The van der Waals surface area contributed by atoms with Gasteiger partial charge >= 0.3 is 0 Å². The highest BCUT2D eigenvalue weighted by molar-refractivity contribution is 6.20. The fourth-order valence-electron chi connectivity index (χ4n) is 1.85. The van der Waals surface area contributed by atoms with Crippen LogP contribution in [0.15, 0.2) is 34.7 Å². The van der Waals surface area contributed by atoms with Gasteiger partial charge in [-0.2, -0.15) is 0 Å². The minimum absolute atomic E-state index is 0.188. The van der Waals surface area contributed by atoms with Crippen molar-refractivity contribution < 1.29 is 4.42 Å². The van der Waals surface area contributed by atoms with Gasteiger partial charge in [0, 0.05) is 16.7 Å². The molecule has 15 heavy (non-hydrogen) atoms. The van der Waals surface area contributed by atoms with Crippen molar-refractivity contribution in [3.63, 3.8) is 0 Å². The largest absolute Gasteiger partial charge is 0.461 e. The molecule has 0 aliphatic heterocycles. The van der Waals surface area contributed by atoms with Crippen molar-refractivity contribution in [2.75, 3.05) is 0 Å². The van der Waals surface area contributed by atoms with E-state index in [4.69, 9.17) is 16.0 Å². The molecule has 0 saturated heterocycles. The lowest BCUT2D eigenvalue weighted by molar-refractivity contribution is 0.488. The van der Waals surface area contributed by atoms with Gasteiger partial charge in [-0.1, -0.05) is 25.1 Å². The van der Waals surface area contributed by atoms with E-state index in [0.29, 0.717) is 5.92 Å². The quantitative estimate of drug-likeness (QED) is 0.695. The molecule has 1 aromatic carbocycles. The van der Waals surface area contributed by atoms with Crippen molar-refractivity contribution in [3.05, 3.63) is 36.1 Å². The number of hydrogen-bond donors (Lipinski definition) is 0. The summed E-state index contributed by atoms with van der Waals surface area (Å²) in [5.41, 5.74) is 0.960. The van der Waals surface area contributed by atoms with Crippen LogP contribution in [-0.4, -0.2) is 5.38 Å². The van der Waals surface area contributed by atoms with Gasteiger partial charge in [-0.05, 0) is 25.5 Å². The second-order valence-electron chi connectivity index (χ2n) is 4.10. The maximum atomic E-state index is 5.98. The summed E-state index contributed by atoms with van der Waals surface area (Å²) in [5.74, 6) is 1.41. The average molecular weight is 223 g/mol. The number of rotatable bonds is 3. The molecular formula is C13H15ClO. The highest BCUT2D eigenvalue weighted by atomic mass is 35.5. The normalized spacial score (nSPS) is 15.4. The Kier molecular flexibility index (Phi) is 3.01. The minimum Gasteiger partial charge on any atom is -0.461 e. The van der Waals surface area contributed by atoms with Crippen molar-refractivity contribution in [1.82, 2.24) is 0 Å². The summed E-state index contributed by atoms with van der Waals surface area (Å²) in [6, 6.07) is 10.2. The first-order chi connectivity index (χ1) is 7.16. The van der Waals surface area contributed by atoms with Crippen molar-refractivity contribution in [2.45, 2.75) is 31.6 Å². The molecule has 2 rings (SSSR count). The van der Waals surface area contributed by atoms with E-state index in [1.54, 1.807) is 0 Å². The smallest absolute Gasteiger partial charge is 0.134 e. The van der Waals surface area contributed by atoms with E-state index in [9.17, 15) is 0 Å². The van der Waals surface area contributed by atoms with Crippen molar-refractivity contribution in [3.8, 4) is 0 Å². The van der Waals surface area contributed by atoms with Crippen molar-refractivity contribution in [1.29, 1.82) is 0 Å². The molecule has 0 spiro atoms. The molecule has 0 aliphatic rings. The molecule has 2 heteroatoms. The molecule has 0 radical (unpaired) electrons. The number of para-hydroxylation sites is 1. The van der Waals surface area contributed by atoms with Gasteiger partial charge in [-0.25, -0.2) is 0 Å². The number of alkyl halides is 1. The van der Waals surface area contributed by atoms with Crippen LogP contribution in [0.5, 0.6) is 0 Å². The van der Waals surface area contributed by atoms with E-state index in [1.165, 1.54) is 5.39 Å². The number of hydrogen-bond acceptors (Lipinski definition) is 1. The summed E-state index contributed by atoms with van der Waals surface area (Å²) in [7, 11) is 0. The molecular weight excluding hydrogens is 208 g/mol. The van der Waals surface area contributed by atoms with Crippen LogP contribution in [0.1, 0.15) is 31.9 Å². The standard InChI is InChI=1S/C13H15ClO/c1-9(7-10(2)14)13-8-11-5-3-4-6-12(11)15-13/h3-6,8-10H,7H2,1-2H3. The molecule has 2 atom stereocenters. The first-order valence-electron chi connectivity index (χ1n) is 5.29. The summed E-state index contributed by atoms with van der Waals surface area (Å²) in [4.78, 5) is 0. The van der Waals surface area contributed by atoms with E-state index in [1.807, 2.05) is 25.1 Å². The van der Waals surface area contributed by atoms with Crippen LogP contribution in [0.4, 0.5) is 0 Å². The summed E-state index contributed by atoms with van der Waals surface area (Å²) in [5, 5.41) is 1.36. The molecule has 2 aromatic rings. The molecule has 0 aliphatic carbocycles. The lowest BCUT2D eigenvalue weighted by Gasteiger charge is -2.08. The first-order valence-corrected chi connectivity index (χ1v) is 5.73. The Morgan fingerprint density at radius 1 is 1.27 bits per heavy atom. The summed E-state index contributed by atoms with van der Waals surface area (Å²) < 4.78 is 5.77. The van der Waals surface area contributed by atoms with Crippen LogP contribution in [0, 0.1) is 0 Å². The molecule has 0 N–H and O–H groups in total. The Morgan fingerprint density at radius 3 is 2.67 bits per heavy atom. The third-order valence-corrected chi connectivity index (χ3v) is 2.79. The topological polar surface area (TPSA) is 13.1 Å². The zero-order chi connectivity index (χ0) is 10.8. The lowest BCUT2D eigenvalue weighted by Crippen LogP contribution is -1.99. The molecule has 2 unspecified atom stereocenters. The van der Waals surface area contributed by atoms with Gasteiger partial charge in [-0.3, -0.25) is 0 Å².